The zero-order chi connectivity index (χ0) is 12.4. The standard InChI is InChI=1S/C12H11NO4/c14-10-6-3-7-11(15)12(10)8-4-1-2-5-9(8)13(16)17/h1-2,4-5,14H,3,6-7H2. The molecule has 2 rings (SSSR count). The third-order valence-electron chi connectivity index (χ3n) is 2.75. The van der Waals surface area contributed by atoms with Crippen molar-refractivity contribution in [2.24, 2.45) is 0 Å². The minimum Gasteiger partial charge on any atom is -0.512 e. The van der Waals surface area contributed by atoms with Crippen molar-refractivity contribution in [1.82, 2.24) is 0 Å². The SMILES string of the molecule is O=C1CCCC(O)=C1c1ccccc1[N+](=O)[O-]. The van der Waals surface area contributed by atoms with E-state index in [1.165, 1.54) is 18.2 Å². The maximum atomic E-state index is 11.7. The second-order valence-corrected chi connectivity index (χ2v) is 3.87. The monoisotopic (exact) mass is 233 g/mol. The van der Waals surface area contributed by atoms with E-state index in [9.17, 15) is 20.0 Å². The van der Waals surface area contributed by atoms with Crippen molar-refractivity contribution < 1.29 is 14.8 Å². The van der Waals surface area contributed by atoms with Crippen LogP contribution in [-0.2, 0) is 4.79 Å². The van der Waals surface area contributed by atoms with E-state index in [0.717, 1.165) is 0 Å². The molecule has 5 heteroatoms. The van der Waals surface area contributed by atoms with Gasteiger partial charge in [0.1, 0.15) is 5.76 Å². The molecule has 5 nitrogen and oxygen atoms in total. The Labute approximate surface area is 97.5 Å². The van der Waals surface area contributed by atoms with Crippen LogP contribution in [0.15, 0.2) is 30.0 Å². The van der Waals surface area contributed by atoms with Gasteiger partial charge in [0.05, 0.1) is 16.1 Å². The van der Waals surface area contributed by atoms with Gasteiger partial charge in [-0.2, -0.15) is 0 Å². The molecule has 0 atom stereocenters. The minimum absolute atomic E-state index is 0.0458. The van der Waals surface area contributed by atoms with Gasteiger partial charge in [-0.1, -0.05) is 12.1 Å². The van der Waals surface area contributed by atoms with Crippen LogP contribution in [-0.4, -0.2) is 15.8 Å². The number of hydrogen-bond donors (Lipinski definition) is 1. The van der Waals surface area contributed by atoms with Crippen molar-refractivity contribution in [2.75, 3.05) is 0 Å². The highest BCUT2D eigenvalue weighted by Crippen LogP contribution is 2.33. The molecule has 0 amide bonds. The molecule has 1 aromatic carbocycles. The van der Waals surface area contributed by atoms with Gasteiger partial charge in [0.15, 0.2) is 5.78 Å². The molecule has 0 saturated carbocycles. The Balaban J connectivity index is 2.60. The van der Waals surface area contributed by atoms with Crippen molar-refractivity contribution in [3.63, 3.8) is 0 Å². The lowest BCUT2D eigenvalue weighted by Crippen LogP contribution is -2.11. The first-order valence-corrected chi connectivity index (χ1v) is 5.30. The molecule has 0 saturated heterocycles. The van der Waals surface area contributed by atoms with Gasteiger partial charge in [-0.05, 0) is 12.5 Å². The number of carbonyl (C=O) groups excluding carboxylic acids is 1. The highest BCUT2D eigenvalue weighted by Gasteiger charge is 2.27. The summed E-state index contributed by atoms with van der Waals surface area (Å²) in [5.41, 5.74) is 0.160. The first-order chi connectivity index (χ1) is 8.11. The fourth-order valence-electron chi connectivity index (χ4n) is 1.98. The Bertz CT molecular complexity index is 519. The molecule has 1 aliphatic rings. The highest BCUT2D eigenvalue weighted by atomic mass is 16.6. The van der Waals surface area contributed by atoms with Crippen LogP contribution >= 0.6 is 0 Å². The van der Waals surface area contributed by atoms with E-state index in [1.807, 2.05) is 0 Å². The summed E-state index contributed by atoms with van der Waals surface area (Å²) in [6, 6.07) is 5.97. The van der Waals surface area contributed by atoms with Crippen LogP contribution in [0.25, 0.3) is 5.57 Å². The van der Waals surface area contributed by atoms with Gasteiger partial charge in [-0.15, -0.1) is 0 Å². The average molecular weight is 233 g/mol. The van der Waals surface area contributed by atoms with Crippen LogP contribution in [0.3, 0.4) is 0 Å². The quantitative estimate of drug-likeness (QED) is 0.628. The van der Waals surface area contributed by atoms with Crippen LogP contribution in [0.4, 0.5) is 5.69 Å². The van der Waals surface area contributed by atoms with Crippen molar-refractivity contribution in [1.29, 1.82) is 0 Å². The number of ketones is 1. The number of Topliss-reactive ketones (excluding diaryl/α,β-unsaturated/α-hetero) is 1. The molecule has 0 aromatic heterocycles. The molecule has 0 unspecified atom stereocenters. The number of carbonyl (C=O) groups is 1. The second kappa shape index (κ2) is 4.37. The molecule has 17 heavy (non-hydrogen) atoms. The topological polar surface area (TPSA) is 80.4 Å². The normalized spacial score (nSPS) is 16.1. The molecular weight excluding hydrogens is 222 g/mol. The molecule has 1 N–H and O–H groups in total. The number of para-hydroxylation sites is 1. The maximum Gasteiger partial charge on any atom is 0.277 e. The summed E-state index contributed by atoms with van der Waals surface area (Å²) >= 11 is 0. The van der Waals surface area contributed by atoms with Crippen molar-refractivity contribution >= 4 is 17.0 Å². The molecule has 0 radical (unpaired) electrons. The summed E-state index contributed by atoms with van der Waals surface area (Å²) in [4.78, 5) is 22.1. The average Bonchev–Trinajstić information content (AvgIpc) is 2.29. The molecule has 88 valence electrons. The molecule has 0 heterocycles. The van der Waals surface area contributed by atoms with E-state index in [2.05, 4.69) is 0 Å². The second-order valence-electron chi connectivity index (χ2n) is 3.87. The largest absolute Gasteiger partial charge is 0.512 e. The molecular formula is C12H11NO4. The predicted molar refractivity (Wildman–Crippen MR) is 61.5 cm³/mol. The van der Waals surface area contributed by atoms with Crippen molar-refractivity contribution in [2.45, 2.75) is 19.3 Å². The van der Waals surface area contributed by atoms with Crippen LogP contribution in [0.2, 0.25) is 0 Å². The molecule has 0 bridgehead atoms. The number of nitro groups is 1. The first kappa shape index (κ1) is 11.3. The Kier molecular flexibility index (Phi) is 2.91. The number of rotatable bonds is 2. The summed E-state index contributed by atoms with van der Waals surface area (Å²) in [6.07, 6.45) is 1.31. The number of allylic oxidation sites excluding steroid dienone is 2. The Morgan fingerprint density at radius 1 is 1.24 bits per heavy atom. The maximum absolute atomic E-state index is 11.7. The Morgan fingerprint density at radius 3 is 2.59 bits per heavy atom. The zero-order valence-electron chi connectivity index (χ0n) is 9.05. The Hall–Kier alpha value is -2.17. The highest BCUT2D eigenvalue weighted by molar-refractivity contribution is 6.22. The molecule has 1 aliphatic carbocycles. The van der Waals surface area contributed by atoms with E-state index in [4.69, 9.17) is 0 Å². The van der Waals surface area contributed by atoms with E-state index in [1.54, 1.807) is 6.07 Å². The Morgan fingerprint density at radius 2 is 1.94 bits per heavy atom. The lowest BCUT2D eigenvalue weighted by Gasteiger charge is -2.15. The first-order valence-electron chi connectivity index (χ1n) is 5.30. The van der Waals surface area contributed by atoms with E-state index >= 15 is 0 Å². The lowest BCUT2D eigenvalue weighted by molar-refractivity contribution is -0.385. The summed E-state index contributed by atoms with van der Waals surface area (Å²) in [7, 11) is 0. The molecule has 0 aliphatic heterocycles. The fraction of sp³-hybridized carbons (Fsp3) is 0.250. The molecule has 1 aromatic rings. The summed E-state index contributed by atoms with van der Waals surface area (Å²) in [6.45, 7) is 0. The van der Waals surface area contributed by atoms with Crippen LogP contribution < -0.4 is 0 Å². The van der Waals surface area contributed by atoms with E-state index in [-0.39, 0.29) is 28.4 Å². The summed E-state index contributed by atoms with van der Waals surface area (Å²) in [5, 5.41) is 20.6. The minimum atomic E-state index is -0.544. The van der Waals surface area contributed by atoms with Crippen LogP contribution in [0.1, 0.15) is 24.8 Å². The smallest absolute Gasteiger partial charge is 0.277 e. The number of nitro benzene ring substituents is 1. The van der Waals surface area contributed by atoms with Crippen molar-refractivity contribution in [3.05, 3.63) is 45.7 Å². The van der Waals surface area contributed by atoms with Gasteiger partial charge in [-0.25, -0.2) is 0 Å². The van der Waals surface area contributed by atoms with E-state index in [0.29, 0.717) is 19.3 Å². The third kappa shape index (κ3) is 2.04. The number of nitrogens with zero attached hydrogens (tertiary/aromatic N) is 1. The van der Waals surface area contributed by atoms with Crippen molar-refractivity contribution in [3.8, 4) is 0 Å². The number of aliphatic hydroxyl groups excluding tert-OH is 1. The van der Waals surface area contributed by atoms with Gasteiger partial charge in [-0.3, -0.25) is 14.9 Å². The number of hydrogen-bond acceptors (Lipinski definition) is 4. The summed E-state index contributed by atoms with van der Waals surface area (Å²) < 4.78 is 0. The summed E-state index contributed by atoms with van der Waals surface area (Å²) in [5.74, 6) is -0.279. The van der Waals surface area contributed by atoms with Gasteiger partial charge in [0.25, 0.3) is 5.69 Å². The molecule has 0 fully saturated rings. The van der Waals surface area contributed by atoms with E-state index < -0.39 is 4.92 Å². The third-order valence-corrected chi connectivity index (χ3v) is 2.75. The number of benzene rings is 1. The lowest BCUT2D eigenvalue weighted by atomic mass is 9.90. The van der Waals surface area contributed by atoms with Gasteiger partial charge in [0.2, 0.25) is 0 Å². The van der Waals surface area contributed by atoms with Crippen LogP contribution in [0, 0.1) is 10.1 Å². The van der Waals surface area contributed by atoms with Gasteiger partial charge < -0.3 is 5.11 Å². The van der Waals surface area contributed by atoms with Gasteiger partial charge >= 0.3 is 0 Å². The van der Waals surface area contributed by atoms with Gasteiger partial charge in [0, 0.05) is 18.9 Å². The fourth-order valence-corrected chi connectivity index (χ4v) is 1.98. The zero-order valence-corrected chi connectivity index (χ0v) is 9.05. The predicted octanol–water partition coefficient (Wildman–Crippen LogP) is 2.62. The number of aliphatic hydroxyl groups is 1. The van der Waals surface area contributed by atoms with Crippen LogP contribution in [0.5, 0.6) is 0 Å². The molecule has 0 spiro atoms.